The van der Waals surface area contributed by atoms with Crippen LogP contribution in [0.2, 0.25) is 0 Å². The fraction of sp³-hybridized carbons (Fsp3) is 0.650. The lowest BCUT2D eigenvalue weighted by molar-refractivity contribution is -0.139. The number of nitrogens with zero attached hydrogens (tertiary/aromatic N) is 3. The molecule has 1 spiro atoms. The molecule has 2 amide bonds. The molecule has 0 N–H and O–H groups in total. The molecule has 25 heavy (non-hydrogen) atoms. The Morgan fingerprint density at radius 1 is 1.24 bits per heavy atom. The van der Waals surface area contributed by atoms with E-state index in [0.29, 0.717) is 18.0 Å². The molecular formula is C20H27N3O2. The first-order chi connectivity index (χ1) is 12.0. The van der Waals surface area contributed by atoms with E-state index >= 15 is 0 Å². The number of hydrogen-bond acceptors (Lipinski definition) is 3. The Morgan fingerprint density at radius 2 is 2.00 bits per heavy atom. The summed E-state index contributed by atoms with van der Waals surface area (Å²) < 4.78 is 0. The van der Waals surface area contributed by atoms with Crippen molar-refractivity contribution >= 4 is 11.8 Å². The Labute approximate surface area is 149 Å². The summed E-state index contributed by atoms with van der Waals surface area (Å²) in [7, 11) is 0. The highest BCUT2D eigenvalue weighted by Crippen LogP contribution is 2.41. The maximum atomic E-state index is 12.7. The summed E-state index contributed by atoms with van der Waals surface area (Å²) >= 11 is 0. The maximum absolute atomic E-state index is 12.7. The Balaban J connectivity index is 1.38. The molecule has 5 nitrogen and oxygen atoms in total. The quantitative estimate of drug-likeness (QED) is 0.849. The zero-order valence-electron chi connectivity index (χ0n) is 15.0. The van der Waals surface area contributed by atoms with E-state index in [9.17, 15) is 9.59 Å². The van der Waals surface area contributed by atoms with Crippen molar-refractivity contribution in [3.63, 3.8) is 0 Å². The van der Waals surface area contributed by atoms with Gasteiger partial charge in [0.15, 0.2) is 0 Å². The standard InChI is InChI=1S/C20H27N3O2/c1-15-3-2-4-17(21-15)19(25)22-11-9-20(10-12-22)8-7-18(24)23(14-20)13-16-5-6-16/h2-4,16H,5-14H2,1H3. The molecule has 3 heterocycles. The van der Waals surface area contributed by atoms with Crippen LogP contribution in [0.5, 0.6) is 0 Å². The first-order valence-corrected chi connectivity index (χ1v) is 9.55. The van der Waals surface area contributed by atoms with Crippen LogP contribution < -0.4 is 0 Å². The highest BCUT2D eigenvalue weighted by molar-refractivity contribution is 5.92. The lowest BCUT2D eigenvalue weighted by Gasteiger charge is -2.47. The van der Waals surface area contributed by atoms with Crippen LogP contribution in [-0.2, 0) is 4.79 Å². The molecule has 0 bridgehead atoms. The molecule has 1 aromatic heterocycles. The lowest BCUT2D eigenvalue weighted by Crippen LogP contribution is -2.52. The third kappa shape index (κ3) is 3.55. The number of amides is 2. The monoisotopic (exact) mass is 341 g/mol. The van der Waals surface area contributed by atoms with Gasteiger partial charge in [-0.25, -0.2) is 4.98 Å². The van der Waals surface area contributed by atoms with Crippen molar-refractivity contribution in [1.82, 2.24) is 14.8 Å². The summed E-state index contributed by atoms with van der Waals surface area (Å²) in [5, 5.41) is 0. The van der Waals surface area contributed by atoms with Crippen LogP contribution in [0.1, 0.15) is 54.7 Å². The smallest absolute Gasteiger partial charge is 0.272 e. The number of likely N-dealkylation sites (tertiary alicyclic amines) is 2. The minimum atomic E-state index is 0.0419. The summed E-state index contributed by atoms with van der Waals surface area (Å²) in [6.07, 6.45) is 6.22. The topological polar surface area (TPSA) is 53.5 Å². The van der Waals surface area contributed by atoms with E-state index in [2.05, 4.69) is 9.88 Å². The molecule has 0 aromatic carbocycles. The summed E-state index contributed by atoms with van der Waals surface area (Å²) in [5.74, 6) is 1.12. The molecule has 3 aliphatic rings. The number of rotatable bonds is 3. The maximum Gasteiger partial charge on any atom is 0.272 e. The van der Waals surface area contributed by atoms with Crippen LogP contribution in [0, 0.1) is 18.3 Å². The van der Waals surface area contributed by atoms with Gasteiger partial charge in [0, 0.05) is 38.3 Å². The summed E-state index contributed by atoms with van der Waals surface area (Å²) in [4.78, 5) is 33.3. The lowest BCUT2D eigenvalue weighted by atomic mass is 9.72. The van der Waals surface area contributed by atoms with Crippen molar-refractivity contribution in [3.05, 3.63) is 29.6 Å². The molecule has 2 saturated heterocycles. The average Bonchev–Trinajstić information content (AvgIpc) is 3.43. The molecule has 1 aliphatic carbocycles. The van der Waals surface area contributed by atoms with E-state index in [1.54, 1.807) is 6.07 Å². The molecule has 5 heteroatoms. The van der Waals surface area contributed by atoms with Crippen LogP contribution in [0.25, 0.3) is 0 Å². The van der Waals surface area contributed by atoms with Gasteiger partial charge in [0.2, 0.25) is 5.91 Å². The number of aromatic nitrogens is 1. The fourth-order valence-corrected chi connectivity index (χ4v) is 4.30. The van der Waals surface area contributed by atoms with E-state index < -0.39 is 0 Å². The van der Waals surface area contributed by atoms with Gasteiger partial charge >= 0.3 is 0 Å². The van der Waals surface area contributed by atoms with Crippen molar-refractivity contribution in [1.29, 1.82) is 0 Å². The Hall–Kier alpha value is -1.91. The van der Waals surface area contributed by atoms with E-state index in [-0.39, 0.29) is 11.3 Å². The second-order valence-corrected chi connectivity index (χ2v) is 8.17. The summed E-state index contributed by atoms with van der Waals surface area (Å²) in [5.41, 5.74) is 1.64. The van der Waals surface area contributed by atoms with Gasteiger partial charge in [-0.2, -0.15) is 0 Å². The Morgan fingerprint density at radius 3 is 2.68 bits per heavy atom. The predicted octanol–water partition coefficient (Wildman–Crippen LogP) is 2.64. The average molecular weight is 341 g/mol. The van der Waals surface area contributed by atoms with Crippen LogP contribution in [0.15, 0.2) is 18.2 Å². The van der Waals surface area contributed by atoms with E-state index in [1.807, 2.05) is 24.0 Å². The molecule has 0 atom stereocenters. The van der Waals surface area contributed by atoms with Crippen molar-refractivity contribution < 1.29 is 9.59 Å². The first kappa shape index (κ1) is 16.6. The summed E-state index contributed by atoms with van der Waals surface area (Å²) in [6, 6.07) is 5.61. The van der Waals surface area contributed by atoms with Crippen LogP contribution in [0.4, 0.5) is 0 Å². The molecule has 4 rings (SSSR count). The van der Waals surface area contributed by atoms with Gasteiger partial charge in [0.1, 0.15) is 5.69 Å². The highest BCUT2D eigenvalue weighted by atomic mass is 16.2. The minimum Gasteiger partial charge on any atom is -0.342 e. The third-order valence-corrected chi connectivity index (χ3v) is 6.14. The van der Waals surface area contributed by atoms with Crippen LogP contribution in [0.3, 0.4) is 0 Å². The van der Waals surface area contributed by atoms with Gasteiger partial charge in [-0.3, -0.25) is 9.59 Å². The van der Waals surface area contributed by atoms with Gasteiger partial charge in [0.25, 0.3) is 5.91 Å². The number of pyridine rings is 1. The van der Waals surface area contributed by atoms with Crippen LogP contribution >= 0.6 is 0 Å². The van der Waals surface area contributed by atoms with E-state index in [1.165, 1.54) is 12.8 Å². The molecular weight excluding hydrogens is 314 g/mol. The third-order valence-electron chi connectivity index (χ3n) is 6.14. The second kappa shape index (κ2) is 6.43. The van der Waals surface area contributed by atoms with Crippen molar-refractivity contribution in [2.45, 2.75) is 45.4 Å². The normalized spacial score (nSPS) is 23.2. The van der Waals surface area contributed by atoms with Crippen molar-refractivity contribution in [3.8, 4) is 0 Å². The zero-order valence-corrected chi connectivity index (χ0v) is 15.0. The first-order valence-electron chi connectivity index (χ1n) is 9.55. The number of aryl methyl sites for hydroxylation is 1. The molecule has 3 fully saturated rings. The van der Waals surface area contributed by atoms with Gasteiger partial charge in [-0.05, 0) is 62.5 Å². The number of hydrogen-bond donors (Lipinski definition) is 0. The second-order valence-electron chi connectivity index (χ2n) is 8.17. The van der Waals surface area contributed by atoms with Gasteiger partial charge < -0.3 is 9.80 Å². The Bertz CT molecular complexity index is 675. The predicted molar refractivity (Wildman–Crippen MR) is 95.1 cm³/mol. The molecule has 1 saturated carbocycles. The molecule has 134 valence electrons. The molecule has 2 aliphatic heterocycles. The molecule has 0 radical (unpaired) electrons. The minimum absolute atomic E-state index is 0.0419. The van der Waals surface area contributed by atoms with E-state index in [4.69, 9.17) is 0 Å². The van der Waals surface area contributed by atoms with Crippen molar-refractivity contribution in [2.75, 3.05) is 26.2 Å². The largest absolute Gasteiger partial charge is 0.342 e. The SMILES string of the molecule is Cc1cccc(C(=O)N2CCC3(CCC(=O)N(CC4CC4)C3)CC2)n1. The summed E-state index contributed by atoms with van der Waals surface area (Å²) in [6.45, 7) is 5.32. The highest BCUT2D eigenvalue weighted by Gasteiger charge is 2.42. The van der Waals surface area contributed by atoms with Crippen LogP contribution in [-0.4, -0.2) is 52.8 Å². The van der Waals surface area contributed by atoms with Gasteiger partial charge in [-0.1, -0.05) is 6.07 Å². The Kier molecular flexibility index (Phi) is 4.26. The number of carbonyl (C=O) groups excluding carboxylic acids is 2. The molecule has 0 unspecified atom stereocenters. The zero-order chi connectivity index (χ0) is 17.4. The molecule has 1 aromatic rings. The number of piperidine rings is 2. The van der Waals surface area contributed by atoms with Crippen molar-refractivity contribution in [2.24, 2.45) is 11.3 Å². The van der Waals surface area contributed by atoms with Gasteiger partial charge in [0.05, 0.1) is 0 Å². The fourth-order valence-electron chi connectivity index (χ4n) is 4.30. The van der Waals surface area contributed by atoms with E-state index in [0.717, 1.165) is 57.1 Å². The van der Waals surface area contributed by atoms with Gasteiger partial charge in [-0.15, -0.1) is 0 Å². The number of carbonyl (C=O) groups is 2.